The van der Waals surface area contributed by atoms with Crippen LogP contribution >= 0.6 is 11.3 Å². The molecule has 12 nitrogen and oxygen atoms in total. The largest absolute Gasteiger partial charge is 0.337 e. The number of nitro benzene ring substituents is 1. The first kappa shape index (κ1) is 24.4. The topological polar surface area (TPSA) is 149 Å². The number of thiazole rings is 1. The van der Waals surface area contributed by atoms with Crippen molar-refractivity contribution in [1.29, 1.82) is 0 Å². The van der Waals surface area contributed by atoms with Gasteiger partial charge in [-0.1, -0.05) is 0 Å². The molecular formula is C23H21FN8O4S. The van der Waals surface area contributed by atoms with Gasteiger partial charge in [0.25, 0.3) is 11.8 Å². The Labute approximate surface area is 213 Å². The van der Waals surface area contributed by atoms with Crippen LogP contribution in [0.15, 0.2) is 29.6 Å². The van der Waals surface area contributed by atoms with Gasteiger partial charge in [0.1, 0.15) is 5.69 Å². The molecule has 1 fully saturated rings. The van der Waals surface area contributed by atoms with Crippen molar-refractivity contribution in [3.63, 3.8) is 0 Å². The van der Waals surface area contributed by atoms with Crippen LogP contribution in [0.25, 0.3) is 5.65 Å². The second-order valence-corrected chi connectivity index (χ2v) is 9.59. The second kappa shape index (κ2) is 9.61. The van der Waals surface area contributed by atoms with Gasteiger partial charge in [-0.15, -0.1) is 21.5 Å². The summed E-state index contributed by atoms with van der Waals surface area (Å²) in [5, 5.41) is 28.4. The first-order valence-electron chi connectivity index (χ1n) is 11.4. The molecule has 0 radical (unpaired) electrons. The summed E-state index contributed by atoms with van der Waals surface area (Å²) in [5.74, 6) is -1.66. The van der Waals surface area contributed by atoms with Gasteiger partial charge >= 0.3 is 5.69 Å². The molecule has 190 valence electrons. The number of aryl methyl sites for hydroxylation is 2. The van der Waals surface area contributed by atoms with E-state index in [1.807, 2.05) is 6.92 Å². The summed E-state index contributed by atoms with van der Waals surface area (Å²) < 4.78 is 15.2. The number of likely N-dealkylation sites (tertiary alicyclic amines) is 1. The Kier molecular flexibility index (Phi) is 6.33. The smallest absolute Gasteiger partial charge is 0.306 e. The van der Waals surface area contributed by atoms with E-state index in [1.165, 1.54) is 17.4 Å². The van der Waals surface area contributed by atoms with Crippen LogP contribution in [0.4, 0.5) is 15.8 Å². The summed E-state index contributed by atoms with van der Waals surface area (Å²) in [5.41, 5.74) is 1.82. The highest BCUT2D eigenvalue weighted by molar-refractivity contribution is 7.10. The number of hydrogen-bond acceptors (Lipinski definition) is 9. The quantitative estimate of drug-likeness (QED) is 0.308. The molecule has 1 saturated heterocycles. The summed E-state index contributed by atoms with van der Waals surface area (Å²) in [6, 6.07) is 4.94. The summed E-state index contributed by atoms with van der Waals surface area (Å²) in [6.45, 7) is 4.64. The van der Waals surface area contributed by atoms with Crippen molar-refractivity contribution < 1.29 is 18.9 Å². The lowest BCUT2D eigenvalue weighted by Gasteiger charge is -2.31. The van der Waals surface area contributed by atoms with Crippen LogP contribution < -0.4 is 5.32 Å². The Bertz CT molecular complexity index is 1540. The third-order valence-electron chi connectivity index (χ3n) is 6.21. The van der Waals surface area contributed by atoms with E-state index >= 15 is 0 Å². The predicted molar refractivity (Wildman–Crippen MR) is 131 cm³/mol. The number of carbonyl (C=O) groups excluding carboxylic acids is 2. The van der Waals surface area contributed by atoms with E-state index in [4.69, 9.17) is 0 Å². The minimum absolute atomic E-state index is 0.0749. The standard InChI is InChI=1S/C23H21FN8O4S/c1-12-9-19-27-28-20(13(2)31(19)29-12)23(34)30-7-5-14(6-8-30)22-26-17(11-37-22)21(33)25-15-3-4-16(24)18(10-15)32(35)36/h3-4,9-11,14H,5-8H2,1-2H3,(H,25,33). The molecule has 0 aliphatic carbocycles. The van der Waals surface area contributed by atoms with Gasteiger partial charge in [-0.3, -0.25) is 19.7 Å². The van der Waals surface area contributed by atoms with Crippen LogP contribution in [0.3, 0.4) is 0 Å². The van der Waals surface area contributed by atoms with Crippen molar-refractivity contribution in [2.24, 2.45) is 0 Å². The van der Waals surface area contributed by atoms with Gasteiger partial charge in [0, 0.05) is 42.2 Å². The first-order valence-corrected chi connectivity index (χ1v) is 12.3. The summed E-state index contributed by atoms with van der Waals surface area (Å²) in [7, 11) is 0. The molecule has 2 amide bonds. The van der Waals surface area contributed by atoms with Gasteiger partial charge in [-0.25, -0.2) is 9.50 Å². The zero-order chi connectivity index (χ0) is 26.3. The molecule has 0 bridgehead atoms. The van der Waals surface area contributed by atoms with E-state index in [-0.39, 0.29) is 28.9 Å². The number of anilines is 1. The highest BCUT2D eigenvalue weighted by Crippen LogP contribution is 2.31. The minimum Gasteiger partial charge on any atom is -0.337 e. The van der Waals surface area contributed by atoms with Crippen molar-refractivity contribution in [2.75, 3.05) is 18.4 Å². The summed E-state index contributed by atoms with van der Waals surface area (Å²) in [4.78, 5) is 42.0. The number of hydrogen-bond donors (Lipinski definition) is 1. The Hall–Kier alpha value is -4.33. The van der Waals surface area contributed by atoms with Crippen molar-refractivity contribution in [1.82, 2.24) is 29.7 Å². The summed E-state index contributed by atoms with van der Waals surface area (Å²) >= 11 is 1.34. The van der Waals surface area contributed by atoms with Gasteiger partial charge in [-0.2, -0.15) is 9.49 Å². The number of piperidine rings is 1. The number of rotatable bonds is 5. The zero-order valence-corrected chi connectivity index (χ0v) is 20.7. The first-order chi connectivity index (χ1) is 17.7. The molecule has 4 heterocycles. The van der Waals surface area contributed by atoms with Crippen molar-refractivity contribution in [3.8, 4) is 0 Å². The molecule has 1 N–H and O–H groups in total. The molecule has 4 aromatic rings. The second-order valence-electron chi connectivity index (χ2n) is 8.70. The van der Waals surface area contributed by atoms with E-state index in [0.29, 0.717) is 37.3 Å². The fourth-order valence-electron chi connectivity index (χ4n) is 4.26. The van der Waals surface area contributed by atoms with Gasteiger partial charge in [0.15, 0.2) is 11.3 Å². The normalized spacial score (nSPS) is 14.2. The molecule has 5 rings (SSSR count). The fraction of sp³-hybridized carbons (Fsp3) is 0.304. The van der Waals surface area contributed by atoms with E-state index in [1.54, 1.807) is 27.8 Å². The number of halogens is 1. The molecule has 1 aromatic carbocycles. The minimum atomic E-state index is -0.983. The fourth-order valence-corrected chi connectivity index (χ4v) is 5.23. The maximum Gasteiger partial charge on any atom is 0.306 e. The van der Waals surface area contributed by atoms with Gasteiger partial charge in [0.05, 0.1) is 21.3 Å². The van der Waals surface area contributed by atoms with Crippen molar-refractivity contribution >= 4 is 40.2 Å². The van der Waals surface area contributed by atoms with Crippen LogP contribution in [-0.4, -0.2) is 59.5 Å². The zero-order valence-electron chi connectivity index (χ0n) is 19.8. The number of aromatic nitrogens is 5. The molecule has 1 aliphatic rings. The lowest BCUT2D eigenvalue weighted by Crippen LogP contribution is -2.39. The molecule has 37 heavy (non-hydrogen) atoms. The number of nitrogens with zero attached hydrogens (tertiary/aromatic N) is 7. The van der Waals surface area contributed by atoms with Crippen LogP contribution in [0.2, 0.25) is 0 Å². The molecule has 14 heteroatoms. The van der Waals surface area contributed by atoms with Crippen LogP contribution in [0, 0.1) is 29.8 Å². The molecule has 0 atom stereocenters. The predicted octanol–water partition coefficient (Wildman–Crippen LogP) is 3.52. The summed E-state index contributed by atoms with van der Waals surface area (Å²) in [6.07, 6.45) is 1.33. The van der Waals surface area contributed by atoms with E-state index in [2.05, 4.69) is 25.6 Å². The maximum absolute atomic E-state index is 13.5. The number of amides is 2. The highest BCUT2D eigenvalue weighted by atomic mass is 32.1. The van der Waals surface area contributed by atoms with Crippen molar-refractivity contribution in [2.45, 2.75) is 32.6 Å². The lowest BCUT2D eigenvalue weighted by atomic mass is 9.97. The lowest BCUT2D eigenvalue weighted by molar-refractivity contribution is -0.387. The van der Waals surface area contributed by atoms with Gasteiger partial charge < -0.3 is 10.2 Å². The molecule has 3 aromatic heterocycles. The number of benzene rings is 1. The van der Waals surface area contributed by atoms with Crippen LogP contribution in [0.1, 0.15) is 56.1 Å². The molecule has 0 saturated carbocycles. The van der Waals surface area contributed by atoms with E-state index in [0.717, 1.165) is 22.8 Å². The van der Waals surface area contributed by atoms with Gasteiger partial charge in [-0.05, 0) is 38.8 Å². The van der Waals surface area contributed by atoms with Crippen LogP contribution in [0.5, 0.6) is 0 Å². The number of fused-ring (bicyclic) bond motifs is 1. The molecule has 0 spiro atoms. The molecular weight excluding hydrogens is 503 g/mol. The SMILES string of the molecule is Cc1cc2nnc(C(=O)N3CCC(c4nc(C(=O)Nc5ccc(F)c([N+](=O)[O-])c5)cs4)CC3)c(C)n2n1. The third kappa shape index (κ3) is 4.74. The Morgan fingerprint density at radius 3 is 2.68 bits per heavy atom. The Morgan fingerprint density at radius 2 is 1.95 bits per heavy atom. The Balaban J connectivity index is 1.22. The third-order valence-corrected chi connectivity index (χ3v) is 7.22. The van der Waals surface area contributed by atoms with Crippen LogP contribution in [-0.2, 0) is 0 Å². The Morgan fingerprint density at radius 1 is 1.19 bits per heavy atom. The maximum atomic E-state index is 13.5. The number of carbonyl (C=O) groups is 2. The average molecular weight is 525 g/mol. The van der Waals surface area contributed by atoms with Gasteiger partial charge in [0.2, 0.25) is 5.82 Å². The molecule has 1 aliphatic heterocycles. The average Bonchev–Trinajstić information content (AvgIpc) is 3.52. The van der Waals surface area contributed by atoms with E-state index in [9.17, 15) is 24.1 Å². The number of nitrogens with one attached hydrogen (secondary N) is 1. The highest BCUT2D eigenvalue weighted by Gasteiger charge is 2.29. The monoisotopic (exact) mass is 524 g/mol. The number of nitro groups is 1. The van der Waals surface area contributed by atoms with Crippen molar-refractivity contribution in [3.05, 3.63) is 73.4 Å². The molecule has 0 unspecified atom stereocenters. The van der Waals surface area contributed by atoms with E-state index < -0.39 is 22.3 Å².